The Bertz CT molecular complexity index is 1730. The maximum Gasteiger partial charge on any atom is 0.277 e. The number of hydrogen-bond acceptors (Lipinski definition) is 6. The van der Waals surface area contributed by atoms with Crippen LogP contribution in [0.4, 0.5) is 8.78 Å². The zero-order valence-corrected chi connectivity index (χ0v) is 19.3. The molecule has 0 saturated carbocycles. The van der Waals surface area contributed by atoms with Gasteiger partial charge in [-0.15, -0.1) is 0 Å². The van der Waals surface area contributed by atoms with E-state index in [9.17, 15) is 14.0 Å². The summed E-state index contributed by atoms with van der Waals surface area (Å²) in [6, 6.07) is 6.70. The molecule has 0 atom stereocenters. The molecule has 1 aromatic carbocycles. The fourth-order valence-corrected chi connectivity index (χ4v) is 4.66. The molecule has 36 heavy (non-hydrogen) atoms. The Hall–Kier alpha value is -4.45. The van der Waals surface area contributed by atoms with Crippen LogP contribution in [0.25, 0.3) is 22.2 Å². The maximum absolute atomic E-state index is 15.4. The highest BCUT2D eigenvalue weighted by molar-refractivity contribution is 5.92. The van der Waals surface area contributed by atoms with E-state index in [0.717, 1.165) is 27.7 Å². The average Bonchev–Trinajstić information content (AvgIpc) is 3.54. The van der Waals surface area contributed by atoms with Gasteiger partial charge in [-0.2, -0.15) is 10.2 Å². The third-order valence-electron chi connectivity index (χ3n) is 6.41. The van der Waals surface area contributed by atoms with Crippen LogP contribution in [0.3, 0.4) is 0 Å². The largest absolute Gasteiger partial charge is 0.354 e. The van der Waals surface area contributed by atoms with Gasteiger partial charge in [0, 0.05) is 44.0 Å². The van der Waals surface area contributed by atoms with E-state index in [0.29, 0.717) is 36.6 Å². The molecule has 0 bridgehead atoms. The number of carbonyl (C=O) groups is 1. The quantitative estimate of drug-likeness (QED) is 0.400. The van der Waals surface area contributed by atoms with Gasteiger partial charge in [-0.3, -0.25) is 14.5 Å². The topological polar surface area (TPSA) is 113 Å². The van der Waals surface area contributed by atoms with Gasteiger partial charge in [-0.1, -0.05) is 6.07 Å². The second kappa shape index (κ2) is 8.05. The molecule has 6 rings (SSSR count). The molecule has 0 radical (unpaired) electrons. The molecule has 10 nitrogen and oxygen atoms in total. The second-order valence-electron chi connectivity index (χ2n) is 8.71. The van der Waals surface area contributed by atoms with Gasteiger partial charge in [0.25, 0.3) is 11.5 Å². The van der Waals surface area contributed by atoms with Crippen LogP contribution in [-0.4, -0.2) is 47.2 Å². The molecule has 5 aromatic rings. The van der Waals surface area contributed by atoms with Gasteiger partial charge < -0.3 is 10.3 Å². The molecule has 5 heterocycles. The third-order valence-corrected chi connectivity index (χ3v) is 6.41. The molecule has 1 aliphatic rings. The predicted octanol–water partition coefficient (Wildman–Crippen LogP) is 2.22. The molecule has 0 unspecified atom stereocenters. The predicted molar refractivity (Wildman–Crippen MR) is 126 cm³/mol. The number of halogens is 2. The number of nitrogens with one attached hydrogen (secondary N) is 2. The van der Waals surface area contributed by atoms with Gasteiger partial charge in [0.2, 0.25) is 0 Å². The number of carbonyl (C=O) groups excluding carboxylic acids is 1. The average molecular weight is 490 g/mol. The molecule has 1 aliphatic heterocycles. The van der Waals surface area contributed by atoms with Crippen molar-refractivity contribution < 1.29 is 13.6 Å². The van der Waals surface area contributed by atoms with Crippen molar-refractivity contribution in [1.82, 2.24) is 39.6 Å². The fourth-order valence-electron chi connectivity index (χ4n) is 4.66. The normalized spacial score (nSPS) is 13.6. The Labute approximate surface area is 202 Å². The number of H-pyrrole nitrogens is 1. The van der Waals surface area contributed by atoms with Crippen molar-refractivity contribution in [2.75, 3.05) is 7.05 Å². The highest BCUT2D eigenvalue weighted by Gasteiger charge is 2.25. The van der Waals surface area contributed by atoms with E-state index in [1.807, 2.05) is 18.0 Å². The van der Waals surface area contributed by atoms with E-state index in [4.69, 9.17) is 0 Å². The van der Waals surface area contributed by atoms with Crippen LogP contribution in [0.5, 0.6) is 0 Å². The van der Waals surface area contributed by atoms with Crippen molar-refractivity contribution in [1.29, 1.82) is 0 Å². The van der Waals surface area contributed by atoms with Crippen molar-refractivity contribution >= 4 is 22.5 Å². The van der Waals surface area contributed by atoms with Gasteiger partial charge in [-0.25, -0.2) is 23.0 Å². The maximum atomic E-state index is 15.4. The summed E-state index contributed by atoms with van der Waals surface area (Å²) in [4.78, 5) is 32.9. The van der Waals surface area contributed by atoms with Crippen molar-refractivity contribution in [3.05, 3.63) is 86.9 Å². The minimum atomic E-state index is -0.761. The molecular weight excluding hydrogens is 470 g/mol. The molecule has 0 fully saturated rings. The Morgan fingerprint density at radius 2 is 2.03 bits per heavy atom. The summed E-state index contributed by atoms with van der Waals surface area (Å²) >= 11 is 0. The van der Waals surface area contributed by atoms with Crippen LogP contribution in [0.1, 0.15) is 33.0 Å². The van der Waals surface area contributed by atoms with Crippen molar-refractivity contribution in [2.45, 2.75) is 26.6 Å². The van der Waals surface area contributed by atoms with E-state index >= 15 is 4.39 Å². The molecular formula is C24H20F2N8O2. The molecule has 4 aromatic heterocycles. The van der Waals surface area contributed by atoms with Gasteiger partial charge >= 0.3 is 0 Å². The van der Waals surface area contributed by atoms with Crippen LogP contribution in [-0.2, 0) is 19.6 Å². The molecule has 0 saturated heterocycles. The number of fused-ring (bicyclic) bond motifs is 4. The smallest absolute Gasteiger partial charge is 0.277 e. The number of benzene rings is 1. The molecule has 12 heteroatoms. The van der Waals surface area contributed by atoms with Gasteiger partial charge in [-0.05, 0) is 25.1 Å². The molecule has 0 spiro atoms. The number of aromatic nitrogens is 6. The number of aryl methyl sites for hydroxylation is 1. The molecule has 1 amide bonds. The minimum Gasteiger partial charge on any atom is -0.354 e. The summed E-state index contributed by atoms with van der Waals surface area (Å²) < 4.78 is 32.1. The Kier molecular flexibility index (Phi) is 4.93. The third kappa shape index (κ3) is 3.37. The number of aromatic amines is 1. The van der Waals surface area contributed by atoms with Gasteiger partial charge in [0.1, 0.15) is 11.2 Å². The number of nitrogens with zero attached hydrogens (tertiary/aromatic N) is 6. The van der Waals surface area contributed by atoms with E-state index in [1.165, 1.54) is 0 Å². The first-order chi connectivity index (χ1) is 17.3. The van der Waals surface area contributed by atoms with Crippen LogP contribution in [0.2, 0.25) is 0 Å². The Morgan fingerprint density at radius 1 is 1.19 bits per heavy atom. The van der Waals surface area contributed by atoms with Crippen LogP contribution < -0.4 is 10.9 Å². The zero-order chi connectivity index (χ0) is 25.1. The first-order valence-corrected chi connectivity index (χ1v) is 11.2. The summed E-state index contributed by atoms with van der Waals surface area (Å²) in [5.41, 5.74) is 3.33. The number of hydrogen-bond donors (Lipinski definition) is 2. The monoisotopic (exact) mass is 490 g/mol. The highest BCUT2D eigenvalue weighted by Crippen LogP contribution is 2.27. The summed E-state index contributed by atoms with van der Waals surface area (Å²) in [6.07, 6.45) is 2.85. The number of amides is 1. The highest BCUT2D eigenvalue weighted by atomic mass is 19.1. The molecule has 182 valence electrons. The minimum absolute atomic E-state index is 0.0154. The first kappa shape index (κ1) is 22.0. The SMILES string of the molecule is CNC(=O)c1ccc(-n2cc3c(n2)CN(Cc2ccc4c([nH]c(=O)c5c(F)cnn54)c2F)C3)c(C)n1. The van der Waals surface area contributed by atoms with Crippen molar-refractivity contribution in [2.24, 2.45) is 0 Å². The van der Waals surface area contributed by atoms with E-state index in [1.54, 1.807) is 36.0 Å². The first-order valence-electron chi connectivity index (χ1n) is 11.2. The summed E-state index contributed by atoms with van der Waals surface area (Å²) in [6.45, 7) is 3.20. The lowest BCUT2D eigenvalue weighted by molar-refractivity contribution is 0.0958. The number of rotatable bonds is 4. The van der Waals surface area contributed by atoms with E-state index in [-0.39, 0.29) is 22.5 Å². The lowest BCUT2D eigenvalue weighted by atomic mass is 10.1. The van der Waals surface area contributed by atoms with E-state index < -0.39 is 17.2 Å². The van der Waals surface area contributed by atoms with Crippen LogP contribution in [0, 0.1) is 18.6 Å². The second-order valence-corrected chi connectivity index (χ2v) is 8.71. The van der Waals surface area contributed by atoms with Gasteiger partial charge in [0.15, 0.2) is 17.2 Å². The van der Waals surface area contributed by atoms with Gasteiger partial charge in [0.05, 0.1) is 28.8 Å². The molecule has 2 N–H and O–H groups in total. The number of pyridine rings is 1. The lowest BCUT2D eigenvalue weighted by Gasteiger charge is -2.16. The summed E-state index contributed by atoms with van der Waals surface area (Å²) in [5.74, 6) is -1.59. The standard InChI is InChI=1S/C24H20F2N8O2/c1-12-18(6-4-16(29-12)23(35)27-2)33-10-14-9-32(11-17(14)31-33)8-13-3-5-19-21(20(13)26)30-24(36)22-15(25)7-28-34(19)22/h3-7,10H,8-9,11H2,1-2H3,(H,27,35)(H,30,36). The van der Waals surface area contributed by atoms with Crippen molar-refractivity contribution in [3.63, 3.8) is 0 Å². The summed E-state index contributed by atoms with van der Waals surface area (Å²) in [7, 11) is 1.56. The fraction of sp³-hybridized carbons (Fsp3) is 0.208. The summed E-state index contributed by atoms with van der Waals surface area (Å²) in [5, 5.41) is 11.1. The Balaban J connectivity index is 1.24. The van der Waals surface area contributed by atoms with Crippen LogP contribution in [0.15, 0.2) is 41.5 Å². The van der Waals surface area contributed by atoms with E-state index in [2.05, 4.69) is 25.5 Å². The molecule has 0 aliphatic carbocycles. The Morgan fingerprint density at radius 3 is 2.78 bits per heavy atom. The van der Waals surface area contributed by atoms with Crippen LogP contribution >= 0.6 is 0 Å². The zero-order valence-electron chi connectivity index (χ0n) is 19.3. The lowest BCUT2D eigenvalue weighted by Crippen LogP contribution is -2.20. The van der Waals surface area contributed by atoms with Crippen molar-refractivity contribution in [3.8, 4) is 5.69 Å².